The van der Waals surface area contributed by atoms with E-state index < -0.39 is 0 Å². The van der Waals surface area contributed by atoms with E-state index in [4.69, 9.17) is 18.6 Å². The lowest BCUT2D eigenvalue weighted by Crippen LogP contribution is -2.41. The highest BCUT2D eigenvalue weighted by molar-refractivity contribution is 6.58. The number of hydrogen-bond acceptors (Lipinski definition) is 4. The molecule has 2 saturated heterocycles. The van der Waals surface area contributed by atoms with Crippen molar-refractivity contribution in [3.05, 3.63) is 23.1 Å². The Morgan fingerprint density at radius 1 is 0.708 bits per heavy atom. The summed E-state index contributed by atoms with van der Waals surface area (Å²) in [5.74, 6) is 0. The monoisotopic (exact) mass is 332 g/mol. The van der Waals surface area contributed by atoms with Crippen molar-refractivity contribution in [3.63, 3.8) is 0 Å². The molecule has 2 aliphatic heterocycles. The topological polar surface area (TPSA) is 36.9 Å². The van der Waals surface area contributed by atoms with Gasteiger partial charge in [0, 0.05) is 0 Å². The van der Waals surface area contributed by atoms with Crippen LogP contribution in [0.4, 0.5) is 0 Å². The fraction of sp³-hybridized carbons (Fsp3) is 0.778. The van der Waals surface area contributed by atoms with Gasteiger partial charge in [0.2, 0.25) is 0 Å². The van der Waals surface area contributed by atoms with Crippen molar-refractivity contribution in [2.45, 2.75) is 90.6 Å². The Bertz CT molecular complexity index is 558. The van der Waals surface area contributed by atoms with Crippen LogP contribution in [-0.2, 0) is 18.6 Å². The van der Waals surface area contributed by atoms with Crippen molar-refractivity contribution in [1.29, 1.82) is 0 Å². The van der Waals surface area contributed by atoms with E-state index >= 15 is 0 Å². The first-order chi connectivity index (χ1) is 10.8. The Labute approximate surface area is 147 Å². The summed E-state index contributed by atoms with van der Waals surface area (Å²) in [4.78, 5) is 0. The molecule has 0 unspecified atom stereocenters. The van der Waals surface area contributed by atoms with Gasteiger partial charge in [-0.15, -0.1) is 0 Å². The molecule has 0 bridgehead atoms. The molecule has 0 N–H and O–H groups in total. The summed E-state index contributed by atoms with van der Waals surface area (Å²) < 4.78 is 24.8. The summed E-state index contributed by atoms with van der Waals surface area (Å²) >= 11 is 0. The Hall–Kier alpha value is -0.550. The van der Waals surface area contributed by atoms with Gasteiger partial charge in [-0.2, -0.15) is 0 Å². The third kappa shape index (κ3) is 2.92. The molecule has 4 nitrogen and oxygen atoms in total. The van der Waals surface area contributed by atoms with Crippen LogP contribution in [0.15, 0.2) is 23.1 Å². The second kappa shape index (κ2) is 5.47. The van der Waals surface area contributed by atoms with Gasteiger partial charge in [-0.1, -0.05) is 12.2 Å². The van der Waals surface area contributed by atoms with Crippen LogP contribution >= 0.6 is 0 Å². The highest BCUT2D eigenvalue weighted by atomic mass is 16.7. The van der Waals surface area contributed by atoms with Crippen LogP contribution in [0.25, 0.3) is 0 Å². The normalized spacial score (nSPS) is 30.3. The second-order valence-corrected chi connectivity index (χ2v) is 9.14. The fourth-order valence-electron chi connectivity index (χ4n) is 3.07. The van der Waals surface area contributed by atoms with E-state index in [9.17, 15) is 0 Å². The summed E-state index contributed by atoms with van der Waals surface area (Å²) in [7, 11) is -0.617. The van der Waals surface area contributed by atoms with Crippen LogP contribution in [0.3, 0.4) is 0 Å². The second-order valence-electron chi connectivity index (χ2n) is 9.14. The van der Waals surface area contributed by atoms with Gasteiger partial charge in [0.1, 0.15) is 0 Å². The molecule has 0 spiro atoms. The Morgan fingerprint density at radius 2 is 1.12 bits per heavy atom. The van der Waals surface area contributed by atoms with Gasteiger partial charge in [-0.25, -0.2) is 0 Å². The molecule has 3 aliphatic rings. The minimum Gasteiger partial charge on any atom is -0.400 e. The minimum absolute atomic E-state index is 0.291. The molecule has 0 atom stereocenters. The van der Waals surface area contributed by atoms with Crippen molar-refractivity contribution in [3.8, 4) is 0 Å². The quantitative estimate of drug-likeness (QED) is 0.719. The molecular formula is C18H30B2O4. The van der Waals surface area contributed by atoms with Crippen LogP contribution in [0.2, 0.25) is 0 Å². The van der Waals surface area contributed by atoms with Crippen molar-refractivity contribution < 1.29 is 18.6 Å². The summed E-state index contributed by atoms with van der Waals surface area (Å²) in [5.41, 5.74) is 0.960. The van der Waals surface area contributed by atoms with E-state index in [-0.39, 0.29) is 36.6 Å². The van der Waals surface area contributed by atoms with E-state index in [2.05, 4.69) is 67.5 Å². The first-order valence-electron chi connectivity index (χ1n) is 8.96. The summed E-state index contributed by atoms with van der Waals surface area (Å²) in [5, 5.41) is 0. The lowest BCUT2D eigenvalue weighted by molar-refractivity contribution is 0.00578. The van der Waals surface area contributed by atoms with Crippen molar-refractivity contribution in [2.24, 2.45) is 0 Å². The number of hydrogen-bond donors (Lipinski definition) is 0. The summed E-state index contributed by atoms with van der Waals surface area (Å²) in [6.45, 7) is 16.7. The highest BCUT2D eigenvalue weighted by Crippen LogP contribution is 2.42. The van der Waals surface area contributed by atoms with Gasteiger partial charge >= 0.3 is 14.2 Å². The zero-order valence-electron chi connectivity index (χ0n) is 16.4. The number of allylic oxidation sites excluding steroid dienone is 4. The average molecular weight is 332 g/mol. The van der Waals surface area contributed by atoms with E-state index in [1.54, 1.807) is 0 Å². The highest BCUT2D eigenvalue weighted by Gasteiger charge is 2.54. The third-order valence-electron chi connectivity index (χ3n) is 6.25. The Kier molecular flexibility index (Phi) is 4.16. The SMILES string of the molecule is CC1(C)OB(C2=CCCC(B3OC(C)(C)C(C)(C)O3)=C2)OC1(C)C. The van der Waals surface area contributed by atoms with Gasteiger partial charge in [-0.3, -0.25) is 0 Å². The molecule has 0 aromatic rings. The predicted molar refractivity (Wildman–Crippen MR) is 97.6 cm³/mol. The molecule has 1 aliphatic carbocycles. The largest absolute Gasteiger partial charge is 0.494 e. The van der Waals surface area contributed by atoms with Crippen LogP contribution in [0.1, 0.15) is 68.2 Å². The standard InChI is InChI=1S/C18H30B2O4/c1-15(2)16(3,4)22-19(21-15)13-10-9-11-14(12-13)20-23-17(5,6)18(7,8)24-20/h10,12H,9,11H2,1-8H3. The van der Waals surface area contributed by atoms with Gasteiger partial charge < -0.3 is 18.6 Å². The molecule has 2 heterocycles. The lowest BCUT2D eigenvalue weighted by Gasteiger charge is -2.32. The average Bonchev–Trinajstić information content (AvgIpc) is 2.79. The molecule has 3 rings (SSSR count). The maximum atomic E-state index is 6.20. The van der Waals surface area contributed by atoms with E-state index in [1.807, 2.05) is 0 Å². The van der Waals surface area contributed by atoms with Gasteiger partial charge in [0.25, 0.3) is 0 Å². The van der Waals surface area contributed by atoms with Crippen LogP contribution in [0, 0.1) is 0 Å². The molecule has 0 aromatic carbocycles. The van der Waals surface area contributed by atoms with Crippen LogP contribution < -0.4 is 0 Å². The van der Waals surface area contributed by atoms with Crippen LogP contribution in [-0.4, -0.2) is 36.6 Å². The molecule has 0 radical (unpaired) electrons. The molecule has 0 amide bonds. The first-order valence-corrected chi connectivity index (χ1v) is 8.96. The Morgan fingerprint density at radius 3 is 1.58 bits per heavy atom. The molecule has 6 heteroatoms. The maximum Gasteiger partial charge on any atom is 0.494 e. The lowest BCUT2D eigenvalue weighted by atomic mass is 9.66. The van der Waals surface area contributed by atoms with Gasteiger partial charge in [-0.05, 0) is 79.2 Å². The molecule has 2 fully saturated rings. The van der Waals surface area contributed by atoms with E-state index in [1.165, 1.54) is 5.47 Å². The number of rotatable bonds is 2. The summed E-state index contributed by atoms with van der Waals surface area (Å²) in [6, 6.07) is 0. The van der Waals surface area contributed by atoms with Gasteiger partial charge in [0.15, 0.2) is 0 Å². The first kappa shape index (κ1) is 18.2. The Balaban J connectivity index is 1.79. The van der Waals surface area contributed by atoms with Crippen molar-refractivity contribution in [2.75, 3.05) is 0 Å². The molecule has 0 saturated carbocycles. The van der Waals surface area contributed by atoms with Crippen LogP contribution in [0.5, 0.6) is 0 Å². The van der Waals surface area contributed by atoms with E-state index in [0.717, 1.165) is 18.3 Å². The predicted octanol–water partition coefficient (Wildman–Crippen LogP) is 3.90. The summed E-state index contributed by atoms with van der Waals surface area (Å²) in [6.07, 6.45) is 6.25. The maximum absolute atomic E-state index is 6.20. The molecule has 24 heavy (non-hydrogen) atoms. The molecule has 0 aromatic heterocycles. The molecular weight excluding hydrogens is 302 g/mol. The zero-order valence-corrected chi connectivity index (χ0v) is 16.4. The van der Waals surface area contributed by atoms with E-state index in [0.29, 0.717) is 0 Å². The van der Waals surface area contributed by atoms with Crippen molar-refractivity contribution in [1.82, 2.24) is 0 Å². The minimum atomic E-state index is -0.326. The smallest absolute Gasteiger partial charge is 0.400 e. The fourth-order valence-corrected chi connectivity index (χ4v) is 3.07. The third-order valence-corrected chi connectivity index (χ3v) is 6.25. The van der Waals surface area contributed by atoms with Gasteiger partial charge in [0.05, 0.1) is 22.4 Å². The van der Waals surface area contributed by atoms with Crippen molar-refractivity contribution >= 4 is 14.2 Å². The zero-order chi connectivity index (χ0) is 18.0. The molecule has 132 valence electrons.